The smallest absolute Gasteiger partial charge is 0.331 e. The highest BCUT2D eigenvalue weighted by atomic mass is 35.5. The maximum Gasteiger partial charge on any atom is 0.331 e. The highest BCUT2D eigenvalue weighted by Crippen LogP contribution is 2.26. The Morgan fingerprint density at radius 2 is 1.92 bits per heavy atom. The van der Waals surface area contributed by atoms with Gasteiger partial charge in [0.05, 0.1) is 11.4 Å². The van der Waals surface area contributed by atoms with Crippen LogP contribution in [0, 0.1) is 12.3 Å². The number of hydrogen-bond acceptors (Lipinski definition) is 3. The van der Waals surface area contributed by atoms with E-state index in [9.17, 15) is 4.79 Å². The summed E-state index contributed by atoms with van der Waals surface area (Å²) in [4.78, 5) is 11.7. The van der Waals surface area contributed by atoms with Gasteiger partial charge in [-0.3, -0.25) is 0 Å². The van der Waals surface area contributed by atoms with Crippen molar-refractivity contribution in [1.29, 1.82) is 0 Å². The van der Waals surface area contributed by atoms with Crippen molar-refractivity contribution in [2.75, 3.05) is 6.61 Å². The molecule has 2 aromatic carbocycles. The Morgan fingerprint density at radius 3 is 2.62 bits per heavy atom. The van der Waals surface area contributed by atoms with Gasteiger partial charge in [0.25, 0.3) is 0 Å². The van der Waals surface area contributed by atoms with Crippen LogP contribution in [0.15, 0.2) is 66.9 Å². The van der Waals surface area contributed by atoms with Crippen LogP contribution < -0.4 is 0 Å². The van der Waals surface area contributed by atoms with Gasteiger partial charge in [0, 0.05) is 28.4 Å². The Kier molecular flexibility index (Phi) is 5.52. The number of esters is 1. The van der Waals surface area contributed by atoms with Crippen LogP contribution in [0.3, 0.4) is 0 Å². The number of carbonyl (C=O) groups excluding carboxylic acids is 1. The zero-order valence-electron chi connectivity index (χ0n) is 13.8. The predicted octanol–water partition coefficient (Wildman–Crippen LogP) is 4.38. The van der Waals surface area contributed by atoms with Crippen LogP contribution in [-0.4, -0.2) is 22.4 Å². The summed E-state index contributed by atoms with van der Waals surface area (Å²) in [7, 11) is 0. The maximum absolute atomic E-state index is 11.7. The average molecular weight is 363 g/mol. The summed E-state index contributed by atoms with van der Waals surface area (Å²) in [6, 6.07) is 17.1. The molecule has 26 heavy (non-hydrogen) atoms. The fraction of sp³-hybridized carbons (Fsp3) is 0.0476. The van der Waals surface area contributed by atoms with Gasteiger partial charge in [0.1, 0.15) is 0 Å². The van der Waals surface area contributed by atoms with Crippen molar-refractivity contribution in [3.8, 4) is 29.3 Å². The highest BCUT2D eigenvalue weighted by Gasteiger charge is 2.11. The summed E-state index contributed by atoms with van der Waals surface area (Å²) < 4.78 is 6.62. The molecule has 0 fully saturated rings. The molecule has 0 bridgehead atoms. The molecule has 4 nitrogen and oxygen atoms in total. The van der Waals surface area contributed by atoms with E-state index < -0.39 is 5.97 Å². The zero-order valence-corrected chi connectivity index (χ0v) is 14.6. The van der Waals surface area contributed by atoms with Crippen LogP contribution in [-0.2, 0) is 9.53 Å². The van der Waals surface area contributed by atoms with Crippen molar-refractivity contribution in [1.82, 2.24) is 9.78 Å². The molecule has 1 aromatic heterocycles. The molecule has 0 unspecified atom stereocenters. The number of terminal acetylenes is 1. The van der Waals surface area contributed by atoms with Gasteiger partial charge in [-0.1, -0.05) is 47.9 Å². The number of para-hydroxylation sites is 1. The van der Waals surface area contributed by atoms with E-state index in [4.69, 9.17) is 22.8 Å². The van der Waals surface area contributed by atoms with E-state index in [1.165, 1.54) is 6.08 Å². The molecular formula is C21H15ClN2O2. The van der Waals surface area contributed by atoms with Crippen LogP contribution in [0.1, 0.15) is 5.56 Å². The third-order valence-corrected chi connectivity index (χ3v) is 3.83. The van der Waals surface area contributed by atoms with Gasteiger partial charge < -0.3 is 4.74 Å². The second-order valence-corrected chi connectivity index (χ2v) is 5.80. The molecule has 3 rings (SSSR count). The number of ether oxygens (including phenoxy) is 1. The van der Waals surface area contributed by atoms with E-state index in [-0.39, 0.29) is 6.61 Å². The van der Waals surface area contributed by atoms with Gasteiger partial charge >= 0.3 is 5.97 Å². The number of carbonyl (C=O) groups is 1. The SMILES string of the molecule is C#CCOC(=O)/C=C/c1cn(-c2ccccc2)nc1-c1ccc(Cl)cc1. The first-order chi connectivity index (χ1) is 12.7. The first-order valence-electron chi connectivity index (χ1n) is 7.86. The second-order valence-electron chi connectivity index (χ2n) is 5.37. The van der Waals surface area contributed by atoms with E-state index in [2.05, 4.69) is 11.0 Å². The Bertz CT molecular complexity index is 967. The van der Waals surface area contributed by atoms with Gasteiger partial charge in [-0.15, -0.1) is 6.42 Å². The first-order valence-corrected chi connectivity index (χ1v) is 8.24. The molecule has 5 heteroatoms. The van der Waals surface area contributed by atoms with E-state index in [0.717, 1.165) is 22.5 Å². The lowest BCUT2D eigenvalue weighted by Crippen LogP contribution is -1.99. The molecule has 0 spiro atoms. The molecular weight excluding hydrogens is 348 g/mol. The lowest BCUT2D eigenvalue weighted by Gasteiger charge is -2.00. The Labute approximate surface area is 156 Å². The number of hydrogen-bond donors (Lipinski definition) is 0. The molecule has 0 aliphatic rings. The summed E-state index contributed by atoms with van der Waals surface area (Å²) in [5, 5.41) is 5.30. The fourth-order valence-electron chi connectivity index (χ4n) is 2.37. The lowest BCUT2D eigenvalue weighted by molar-refractivity contribution is -0.136. The molecule has 0 radical (unpaired) electrons. The van der Waals surface area contributed by atoms with E-state index >= 15 is 0 Å². The highest BCUT2D eigenvalue weighted by molar-refractivity contribution is 6.30. The standard InChI is InChI=1S/C21H15ClN2O2/c1-2-14-26-20(25)13-10-17-15-24(19-6-4-3-5-7-19)23-21(17)16-8-11-18(22)12-9-16/h1,3-13,15H,14H2/b13-10+. The van der Waals surface area contributed by atoms with Crippen LogP contribution in [0.2, 0.25) is 5.02 Å². The summed E-state index contributed by atoms with van der Waals surface area (Å²) in [6.07, 6.45) is 9.94. The van der Waals surface area contributed by atoms with Gasteiger partial charge in [0.15, 0.2) is 6.61 Å². The molecule has 128 valence electrons. The van der Waals surface area contributed by atoms with Gasteiger partial charge in [-0.2, -0.15) is 5.10 Å². The molecule has 3 aromatic rings. The molecule has 1 heterocycles. The molecule has 0 saturated heterocycles. The van der Waals surface area contributed by atoms with Crippen molar-refractivity contribution in [3.05, 3.63) is 77.5 Å². The normalized spacial score (nSPS) is 10.6. The minimum absolute atomic E-state index is 0.0590. The Hall–Kier alpha value is -3.29. The third-order valence-electron chi connectivity index (χ3n) is 3.58. The van der Waals surface area contributed by atoms with Crippen molar-refractivity contribution in [2.45, 2.75) is 0 Å². The largest absolute Gasteiger partial charge is 0.449 e. The predicted molar refractivity (Wildman–Crippen MR) is 103 cm³/mol. The third kappa shape index (κ3) is 4.21. The number of halogens is 1. The van der Waals surface area contributed by atoms with E-state index in [1.807, 2.05) is 48.7 Å². The number of aromatic nitrogens is 2. The first kappa shape index (κ1) is 17.5. The zero-order chi connectivity index (χ0) is 18.4. The molecule has 0 atom stereocenters. The number of nitrogens with zero attached hydrogens (tertiary/aromatic N) is 2. The average Bonchev–Trinajstić information content (AvgIpc) is 3.10. The molecule has 0 saturated carbocycles. The quantitative estimate of drug-likeness (QED) is 0.384. The summed E-state index contributed by atoms with van der Waals surface area (Å²) in [5.41, 5.74) is 3.30. The minimum atomic E-state index is -0.502. The van der Waals surface area contributed by atoms with Gasteiger partial charge in [0.2, 0.25) is 0 Å². The van der Waals surface area contributed by atoms with Crippen LogP contribution in [0.25, 0.3) is 23.0 Å². The monoisotopic (exact) mass is 362 g/mol. The van der Waals surface area contributed by atoms with E-state index in [0.29, 0.717) is 5.02 Å². The van der Waals surface area contributed by atoms with Crippen molar-refractivity contribution < 1.29 is 9.53 Å². The van der Waals surface area contributed by atoms with Crippen LogP contribution in [0.5, 0.6) is 0 Å². The molecule has 0 aliphatic carbocycles. The van der Waals surface area contributed by atoms with E-state index in [1.54, 1.807) is 22.9 Å². The maximum atomic E-state index is 11.7. The molecule has 0 N–H and O–H groups in total. The van der Waals surface area contributed by atoms with Crippen molar-refractivity contribution >= 4 is 23.6 Å². The molecule has 0 aliphatic heterocycles. The van der Waals surface area contributed by atoms with Crippen molar-refractivity contribution in [2.24, 2.45) is 0 Å². The van der Waals surface area contributed by atoms with Crippen LogP contribution >= 0.6 is 11.6 Å². The Morgan fingerprint density at radius 1 is 1.19 bits per heavy atom. The van der Waals surface area contributed by atoms with Crippen LogP contribution in [0.4, 0.5) is 0 Å². The minimum Gasteiger partial charge on any atom is -0.449 e. The topological polar surface area (TPSA) is 44.1 Å². The van der Waals surface area contributed by atoms with Gasteiger partial charge in [-0.05, 0) is 30.3 Å². The number of rotatable bonds is 5. The number of benzene rings is 2. The summed E-state index contributed by atoms with van der Waals surface area (Å²) in [5.74, 6) is 1.76. The lowest BCUT2D eigenvalue weighted by atomic mass is 10.1. The molecule has 0 amide bonds. The van der Waals surface area contributed by atoms with Crippen molar-refractivity contribution in [3.63, 3.8) is 0 Å². The van der Waals surface area contributed by atoms with Gasteiger partial charge in [-0.25, -0.2) is 9.48 Å². The fourth-order valence-corrected chi connectivity index (χ4v) is 2.50. The summed E-state index contributed by atoms with van der Waals surface area (Å²) >= 11 is 5.97. The second kappa shape index (κ2) is 8.19. The Balaban J connectivity index is 1.99. The summed E-state index contributed by atoms with van der Waals surface area (Å²) in [6.45, 7) is -0.0590.